The normalized spacial score (nSPS) is 13.3. The Hall–Kier alpha value is -0.560. The number of amides is 1. The minimum atomic E-state index is -4.46. The van der Waals surface area contributed by atoms with Gasteiger partial charge in [-0.25, -0.2) is 0 Å². The van der Waals surface area contributed by atoms with Crippen molar-refractivity contribution in [3.8, 4) is 0 Å². The summed E-state index contributed by atoms with van der Waals surface area (Å²) in [5.74, 6) is -0.402. The van der Waals surface area contributed by atoms with Crippen LogP contribution in [0.5, 0.6) is 0 Å². The van der Waals surface area contributed by atoms with Crippen LogP contribution in [0.3, 0.4) is 0 Å². The fraction of sp³-hybridized carbons (Fsp3) is 0.300. The van der Waals surface area contributed by atoms with Gasteiger partial charge < -0.3 is 5.32 Å². The Balaban J connectivity index is 3.01. The maximum atomic E-state index is 12.6. The average molecular weight is 375 g/mol. The lowest BCUT2D eigenvalue weighted by Gasteiger charge is -2.12. The first-order chi connectivity index (χ1) is 7.71. The van der Waals surface area contributed by atoms with E-state index < -0.39 is 22.5 Å². The second-order valence-corrected chi connectivity index (χ2v) is 5.53. The van der Waals surface area contributed by atoms with Gasteiger partial charge in [0, 0.05) is 10.2 Å². The van der Waals surface area contributed by atoms with Crippen LogP contribution in [0.15, 0.2) is 22.7 Å². The molecule has 0 saturated carbocycles. The van der Waals surface area contributed by atoms with Crippen molar-refractivity contribution in [1.29, 1.82) is 0 Å². The van der Waals surface area contributed by atoms with Gasteiger partial charge in [-0.15, -0.1) is 0 Å². The van der Waals surface area contributed by atoms with Gasteiger partial charge in [0.05, 0.1) is 10.4 Å². The molecule has 1 aromatic carbocycles. The first-order valence-electron chi connectivity index (χ1n) is 4.53. The summed E-state index contributed by atoms with van der Waals surface area (Å²) >= 11 is 5.85. The van der Waals surface area contributed by atoms with Crippen LogP contribution in [0, 0.1) is 0 Å². The summed E-state index contributed by atoms with van der Waals surface area (Å²) in [6.07, 6.45) is -4.46. The Morgan fingerprint density at radius 3 is 2.47 bits per heavy atom. The Morgan fingerprint density at radius 1 is 1.41 bits per heavy atom. The minimum Gasteiger partial charge on any atom is -0.325 e. The lowest BCUT2D eigenvalue weighted by molar-refractivity contribution is -0.138. The fourth-order valence-electron chi connectivity index (χ4n) is 1.06. The van der Waals surface area contributed by atoms with E-state index in [0.29, 0.717) is 0 Å². The van der Waals surface area contributed by atoms with E-state index in [1.54, 1.807) is 6.92 Å². The summed E-state index contributed by atoms with van der Waals surface area (Å²) in [4.78, 5) is 10.8. The zero-order chi connectivity index (χ0) is 13.2. The van der Waals surface area contributed by atoms with Crippen molar-refractivity contribution in [2.45, 2.75) is 17.9 Å². The summed E-state index contributed by atoms with van der Waals surface area (Å²) in [6, 6.07) is 3.53. The van der Waals surface area contributed by atoms with Crippen LogP contribution in [-0.4, -0.2) is 10.7 Å². The van der Waals surface area contributed by atoms with Crippen LogP contribution in [0.2, 0.25) is 0 Å². The van der Waals surface area contributed by atoms with Crippen LogP contribution in [0.25, 0.3) is 0 Å². The molecule has 1 aromatic rings. The van der Waals surface area contributed by atoms with Crippen LogP contribution >= 0.6 is 31.9 Å². The van der Waals surface area contributed by atoms with E-state index in [9.17, 15) is 18.0 Å². The molecule has 1 unspecified atom stereocenters. The molecule has 0 saturated heterocycles. The summed E-state index contributed by atoms with van der Waals surface area (Å²) in [5.41, 5.74) is -0.714. The van der Waals surface area contributed by atoms with E-state index in [-0.39, 0.29) is 10.2 Å². The van der Waals surface area contributed by atoms with Gasteiger partial charge >= 0.3 is 6.18 Å². The molecule has 7 heteroatoms. The van der Waals surface area contributed by atoms with Crippen molar-refractivity contribution < 1.29 is 18.0 Å². The lowest BCUT2D eigenvalue weighted by atomic mass is 10.2. The third-order valence-electron chi connectivity index (χ3n) is 1.90. The molecule has 1 atom stereocenters. The Kier molecular flexibility index (Phi) is 4.60. The largest absolute Gasteiger partial charge is 0.417 e. The van der Waals surface area contributed by atoms with Gasteiger partial charge in [-0.2, -0.15) is 13.2 Å². The Labute approximate surface area is 113 Å². The van der Waals surface area contributed by atoms with Crippen molar-refractivity contribution in [2.75, 3.05) is 5.32 Å². The average Bonchev–Trinajstić information content (AvgIpc) is 2.19. The van der Waals surface area contributed by atoms with Crippen LogP contribution in [-0.2, 0) is 11.0 Å². The standard InChI is InChI=1S/C10H8Br2F3NO/c1-5(11)9(17)16-6-2-3-8(12)7(4-6)10(13,14)15/h2-5H,1H3,(H,16,17). The molecule has 17 heavy (non-hydrogen) atoms. The molecule has 0 aliphatic heterocycles. The molecule has 0 aliphatic carbocycles. The van der Waals surface area contributed by atoms with Gasteiger partial charge in [-0.05, 0) is 25.1 Å². The SMILES string of the molecule is CC(Br)C(=O)Nc1ccc(Br)c(C(F)(F)F)c1. The molecule has 94 valence electrons. The van der Waals surface area contributed by atoms with E-state index in [2.05, 4.69) is 37.2 Å². The van der Waals surface area contributed by atoms with Gasteiger partial charge in [0.1, 0.15) is 0 Å². The second kappa shape index (κ2) is 5.39. The maximum Gasteiger partial charge on any atom is 0.417 e. The first-order valence-corrected chi connectivity index (χ1v) is 6.24. The zero-order valence-electron chi connectivity index (χ0n) is 8.61. The number of hydrogen-bond donors (Lipinski definition) is 1. The van der Waals surface area contributed by atoms with Gasteiger partial charge in [-0.3, -0.25) is 4.79 Å². The number of benzene rings is 1. The zero-order valence-corrected chi connectivity index (χ0v) is 11.8. The monoisotopic (exact) mass is 373 g/mol. The molecule has 0 heterocycles. The summed E-state index contributed by atoms with van der Waals surface area (Å²) < 4.78 is 37.7. The third kappa shape index (κ3) is 3.99. The highest BCUT2D eigenvalue weighted by Gasteiger charge is 2.33. The van der Waals surface area contributed by atoms with Crippen molar-refractivity contribution in [3.05, 3.63) is 28.2 Å². The lowest BCUT2D eigenvalue weighted by Crippen LogP contribution is -2.20. The van der Waals surface area contributed by atoms with Crippen molar-refractivity contribution >= 4 is 43.5 Å². The molecule has 0 aromatic heterocycles. The van der Waals surface area contributed by atoms with Crippen molar-refractivity contribution in [3.63, 3.8) is 0 Å². The van der Waals surface area contributed by atoms with E-state index in [0.717, 1.165) is 6.07 Å². The van der Waals surface area contributed by atoms with E-state index in [4.69, 9.17) is 0 Å². The van der Waals surface area contributed by atoms with Crippen LogP contribution in [0.1, 0.15) is 12.5 Å². The number of rotatable bonds is 2. The molecule has 1 amide bonds. The maximum absolute atomic E-state index is 12.6. The van der Waals surface area contributed by atoms with Gasteiger partial charge in [-0.1, -0.05) is 31.9 Å². The molecular formula is C10H8Br2F3NO. The molecule has 0 radical (unpaired) electrons. The summed E-state index contributed by atoms with van der Waals surface area (Å²) in [7, 11) is 0. The number of anilines is 1. The Bertz CT molecular complexity index is 432. The van der Waals surface area contributed by atoms with Crippen molar-refractivity contribution in [2.24, 2.45) is 0 Å². The van der Waals surface area contributed by atoms with Gasteiger partial charge in [0.15, 0.2) is 0 Å². The molecule has 1 rings (SSSR count). The number of halogens is 5. The third-order valence-corrected chi connectivity index (χ3v) is 3.01. The first kappa shape index (κ1) is 14.5. The topological polar surface area (TPSA) is 29.1 Å². The molecule has 2 nitrogen and oxygen atoms in total. The number of alkyl halides is 4. The number of carbonyl (C=O) groups excluding carboxylic acids is 1. The molecule has 0 aliphatic rings. The van der Waals surface area contributed by atoms with E-state index >= 15 is 0 Å². The smallest absolute Gasteiger partial charge is 0.325 e. The molecule has 0 spiro atoms. The fourth-order valence-corrected chi connectivity index (χ4v) is 1.65. The second-order valence-electron chi connectivity index (χ2n) is 3.30. The number of nitrogens with one attached hydrogen (secondary N) is 1. The van der Waals surface area contributed by atoms with Crippen molar-refractivity contribution in [1.82, 2.24) is 0 Å². The summed E-state index contributed by atoms with van der Waals surface area (Å²) in [6.45, 7) is 1.58. The highest BCUT2D eigenvalue weighted by Crippen LogP contribution is 2.36. The number of hydrogen-bond acceptors (Lipinski definition) is 1. The predicted molar refractivity (Wildman–Crippen MR) is 66.2 cm³/mol. The highest BCUT2D eigenvalue weighted by atomic mass is 79.9. The van der Waals surface area contributed by atoms with Crippen LogP contribution < -0.4 is 5.32 Å². The van der Waals surface area contributed by atoms with E-state index in [1.807, 2.05) is 0 Å². The molecular weight excluding hydrogens is 367 g/mol. The molecule has 1 N–H and O–H groups in total. The predicted octanol–water partition coefficient (Wildman–Crippen LogP) is 4.19. The highest BCUT2D eigenvalue weighted by molar-refractivity contribution is 9.10. The summed E-state index contributed by atoms with van der Waals surface area (Å²) in [5, 5.41) is 2.37. The van der Waals surface area contributed by atoms with Gasteiger partial charge in [0.2, 0.25) is 5.91 Å². The quantitative estimate of drug-likeness (QED) is 0.772. The number of carbonyl (C=O) groups is 1. The molecule has 0 fully saturated rings. The van der Waals surface area contributed by atoms with Gasteiger partial charge in [0.25, 0.3) is 0 Å². The Morgan fingerprint density at radius 2 is 2.00 bits per heavy atom. The minimum absolute atomic E-state index is 0.0603. The molecule has 0 bridgehead atoms. The van der Waals surface area contributed by atoms with E-state index in [1.165, 1.54) is 12.1 Å². The van der Waals surface area contributed by atoms with Crippen LogP contribution in [0.4, 0.5) is 18.9 Å².